The number of aromatic nitrogens is 2. The summed E-state index contributed by atoms with van der Waals surface area (Å²) in [7, 11) is 0. The third-order valence-corrected chi connectivity index (χ3v) is 5.23. The molecule has 0 spiro atoms. The van der Waals surface area contributed by atoms with Gasteiger partial charge in [-0.2, -0.15) is 0 Å². The van der Waals surface area contributed by atoms with Gasteiger partial charge in [-0.1, -0.05) is 35.4 Å². The largest absolute Gasteiger partial charge is 0.490 e. The molecule has 1 aliphatic rings. The van der Waals surface area contributed by atoms with E-state index in [0.717, 1.165) is 11.1 Å². The van der Waals surface area contributed by atoms with Gasteiger partial charge in [0.1, 0.15) is 0 Å². The molecule has 32 heavy (non-hydrogen) atoms. The van der Waals surface area contributed by atoms with Crippen molar-refractivity contribution in [1.82, 2.24) is 10.2 Å². The molecule has 0 saturated carbocycles. The Hall–Kier alpha value is -4.14. The lowest BCUT2D eigenvalue weighted by atomic mass is 10.1. The average Bonchev–Trinajstić information content (AvgIpc) is 3.53. The maximum absolute atomic E-state index is 12.6. The normalized spacial score (nSPS) is 16.0. The van der Waals surface area contributed by atoms with Crippen LogP contribution in [0, 0.1) is 0 Å². The SMILES string of the molecule is CCOc1cccc2cc(C(=O)Nc3nnc(C4CC(=O)N(c5ccccc5)C4)o3)oc12. The first-order valence-electron chi connectivity index (χ1n) is 10.3. The van der Waals surface area contributed by atoms with Crippen molar-refractivity contribution >= 4 is 34.5 Å². The van der Waals surface area contributed by atoms with Crippen LogP contribution in [0.2, 0.25) is 0 Å². The Morgan fingerprint density at radius 3 is 2.81 bits per heavy atom. The Kier molecular flexibility index (Phi) is 5.06. The molecule has 4 aromatic rings. The average molecular weight is 432 g/mol. The third-order valence-electron chi connectivity index (χ3n) is 5.23. The second-order valence-corrected chi connectivity index (χ2v) is 7.36. The van der Waals surface area contributed by atoms with Crippen molar-refractivity contribution in [2.24, 2.45) is 0 Å². The molecule has 3 heterocycles. The molecular weight excluding hydrogens is 412 g/mol. The summed E-state index contributed by atoms with van der Waals surface area (Å²) < 4.78 is 16.9. The number of nitrogens with zero attached hydrogens (tertiary/aromatic N) is 3. The van der Waals surface area contributed by atoms with Gasteiger partial charge in [0.05, 0.1) is 12.5 Å². The minimum atomic E-state index is -0.521. The number of ether oxygens (including phenoxy) is 1. The molecule has 9 nitrogen and oxygen atoms in total. The van der Waals surface area contributed by atoms with Crippen molar-refractivity contribution in [1.29, 1.82) is 0 Å². The number of fused-ring (bicyclic) bond motifs is 1. The summed E-state index contributed by atoms with van der Waals surface area (Å²) in [5.74, 6) is 0.178. The topological polar surface area (TPSA) is 111 Å². The predicted octanol–water partition coefficient (Wildman–Crippen LogP) is 3.99. The van der Waals surface area contributed by atoms with Crippen LogP contribution in [0.1, 0.15) is 35.7 Å². The van der Waals surface area contributed by atoms with Crippen LogP contribution in [-0.4, -0.2) is 35.2 Å². The van der Waals surface area contributed by atoms with E-state index in [-0.39, 0.29) is 30.0 Å². The molecule has 2 amide bonds. The fourth-order valence-corrected chi connectivity index (χ4v) is 3.76. The third kappa shape index (κ3) is 3.68. The van der Waals surface area contributed by atoms with Crippen molar-refractivity contribution < 1.29 is 23.2 Å². The van der Waals surface area contributed by atoms with Gasteiger partial charge in [0.2, 0.25) is 11.8 Å². The van der Waals surface area contributed by atoms with E-state index in [2.05, 4.69) is 15.5 Å². The van der Waals surface area contributed by atoms with Crippen LogP contribution in [0.25, 0.3) is 11.0 Å². The first kappa shape index (κ1) is 19.8. The number of hydrogen-bond acceptors (Lipinski definition) is 7. The van der Waals surface area contributed by atoms with Crippen LogP contribution in [0.15, 0.2) is 63.4 Å². The Morgan fingerprint density at radius 1 is 1.16 bits per heavy atom. The minimum absolute atomic E-state index is 0.0163. The van der Waals surface area contributed by atoms with Crippen LogP contribution in [-0.2, 0) is 4.79 Å². The van der Waals surface area contributed by atoms with Gasteiger partial charge in [0.25, 0.3) is 5.91 Å². The van der Waals surface area contributed by atoms with E-state index in [0.29, 0.717) is 30.4 Å². The van der Waals surface area contributed by atoms with E-state index in [4.69, 9.17) is 13.6 Å². The maximum Gasteiger partial charge on any atom is 0.322 e. The van der Waals surface area contributed by atoms with Crippen molar-refractivity contribution in [2.45, 2.75) is 19.3 Å². The summed E-state index contributed by atoms with van der Waals surface area (Å²) in [4.78, 5) is 26.8. The van der Waals surface area contributed by atoms with Gasteiger partial charge in [0.15, 0.2) is 17.1 Å². The zero-order chi connectivity index (χ0) is 22.1. The van der Waals surface area contributed by atoms with Gasteiger partial charge in [-0.15, -0.1) is 5.10 Å². The summed E-state index contributed by atoms with van der Waals surface area (Å²) in [6.45, 7) is 2.79. The molecule has 162 valence electrons. The molecule has 0 aliphatic carbocycles. The summed E-state index contributed by atoms with van der Waals surface area (Å²) in [6.07, 6.45) is 0.258. The van der Waals surface area contributed by atoms with Gasteiger partial charge in [0, 0.05) is 24.0 Å². The molecule has 9 heteroatoms. The van der Waals surface area contributed by atoms with Crippen molar-refractivity contribution in [2.75, 3.05) is 23.4 Å². The zero-order valence-electron chi connectivity index (χ0n) is 17.3. The number of carbonyl (C=O) groups is 2. The second-order valence-electron chi connectivity index (χ2n) is 7.36. The monoisotopic (exact) mass is 432 g/mol. The lowest BCUT2D eigenvalue weighted by Gasteiger charge is -2.15. The van der Waals surface area contributed by atoms with Crippen molar-refractivity contribution in [3.05, 3.63) is 66.2 Å². The van der Waals surface area contributed by atoms with Crippen LogP contribution < -0.4 is 15.0 Å². The number of furan rings is 1. The zero-order valence-corrected chi connectivity index (χ0v) is 17.3. The number of carbonyl (C=O) groups excluding carboxylic acids is 2. The summed E-state index contributed by atoms with van der Waals surface area (Å²) in [5.41, 5.74) is 1.32. The van der Waals surface area contributed by atoms with E-state index in [1.807, 2.05) is 49.4 Å². The Balaban J connectivity index is 1.29. The lowest BCUT2D eigenvalue weighted by Crippen LogP contribution is -2.24. The van der Waals surface area contributed by atoms with Crippen LogP contribution >= 0.6 is 0 Å². The standard InChI is InChI=1S/C23H20N4O5/c1-2-30-17-10-6-7-14-11-18(31-20(14)17)21(29)24-23-26-25-22(32-23)15-12-19(28)27(13-15)16-8-4-3-5-9-16/h3-11,15H,2,12-13H2,1H3,(H,24,26,29). The molecule has 0 radical (unpaired) electrons. The van der Waals surface area contributed by atoms with Crippen LogP contribution in [0.5, 0.6) is 5.75 Å². The van der Waals surface area contributed by atoms with E-state index < -0.39 is 5.91 Å². The first-order valence-corrected chi connectivity index (χ1v) is 10.3. The minimum Gasteiger partial charge on any atom is -0.490 e. The molecule has 2 aromatic heterocycles. The molecule has 1 aliphatic heterocycles. The molecule has 1 saturated heterocycles. The van der Waals surface area contributed by atoms with Gasteiger partial charge in [-0.05, 0) is 31.2 Å². The highest BCUT2D eigenvalue weighted by Crippen LogP contribution is 2.32. The smallest absolute Gasteiger partial charge is 0.322 e. The Bertz CT molecular complexity index is 1280. The highest BCUT2D eigenvalue weighted by molar-refractivity contribution is 6.04. The Morgan fingerprint density at radius 2 is 2.00 bits per heavy atom. The van der Waals surface area contributed by atoms with E-state index >= 15 is 0 Å². The number of nitrogens with one attached hydrogen (secondary N) is 1. The molecule has 1 atom stereocenters. The number of hydrogen-bond donors (Lipinski definition) is 1. The fraction of sp³-hybridized carbons (Fsp3) is 0.217. The molecule has 1 unspecified atom stereocenters. The molecule has 1 N–H and O–H groups in total. The number of benzene rings is 2. The van der Waals surface area contributed by atoms with Gasteiger partial charge < -0.3 is 18.5 Å². The molecule has 1 fully saturated rings. The van der Waals surface area contributed by atoms with Crippen LogP contribution in [0.3, 0.4) is 0 Å². The second kappa shape index (κ2) is 8.18. The number of para-hydroxylation sites is 2. The summed E-state index contributed by atoms with van der Waals surface area (Å²) in [5, 5.41) is 11.2. The Labute approximate surface area is 183 Å². The summed E-state index contributed by atoms with van der Waals surface area (Å²) in [6, 6.07) is 16.4. The lowest BCUT2D eigenvalue weighted by molar-refractivity contribution is -0.117. The number of rotatable bonds is 6. The maximum atomic E-state index is 12.6. The van der Waals surface area contributed by atoms with Crippen molar-refractivity contribution in [3.8, 4) is 5.75 Å². The van der Waals surface area contributed by atoms with Crippen molar-refractivity contribution in [3.63, 3.8) is 0 Å². The van der Waals surface area contributed by atoms with Gasteiger partial charge in [-0.25, -0.2) is 0 Å². The van der Waals surface area contributed by atoms with Gasteiger partial charge in [-0.3, -0.25) is 14.9 Å². The molecule has 2 aromatic carbocycles. The van der Waals surface area contributed by atoms with E-state index in [9.17, 15) is 9.59 Å². The predicted molar refractivity (Wildman–Crippen MR) is 116 cm³/mol. The first-order chi connectivity index (χ1) is 15.6. The summed E-state index contributed by atoms with van der Waals surface area (Å²) >= 11 is 0. The highest BCUT2D eigenvalue weighted by atomic mass is 16.5. The van der Waals surface area contributed by atoms with E-state index in [1.165, 1.54) is 0 Å². The highest BCUT2D eigenvalue weighted by Gasteiger charge is 2.35. The number of amides is 2. The van der Waals surface area contributed by atoms with Crippen LogP contribution in [0.4, 0.5) is 11.7 Å². The quantitative estimate of drug-likeness (QED) is 0.490. The fourth-order valence-electron chi connectivity index (χ4n) is 3.76. The molecule has 0 bridgehead atoms. The number of anilines is 2. The van der Waals surface area contributed by atoms with E-state index in [1.54, 1.807) is 17.0 Å². The van der Waals surface area contributed by atoms with Gasteiger partial charge >= 0.3 is 6.01 Å². The molecular formula is C23H20N4O5. The molecule has 5 rings (SSSR count).